The van der Waals surface area contributed by atoms with Gasteiger partial charge in [-0.05, 0) is 72.3 Å². The van der Waals surface area contributed by atoms with Crippen molar-refractivity contribution in [1.29, 1.82) is 0 Å². The number of rotatable bonds is 11. The van der Waals surface area contributed by atoms with E-state index in [1.807, 2.05) is 0 Å². The minimum Gasteiger partial charge on any atom is -0.493 e. The molecule has 2 amide bonds. The molecule has 43 heavy (non-hydrogen) atoms. The molecule has 0 atom stereocenters. The lowest BCUT2D eigenvalue weighted by Crippen LogP contribution is -2.30. The number of hydrogen-bond acceptors (Lipinski definition) is 7. The fraction of sp³-hybridized carbons (Fsp3) is 0.0606. The van der Waals surface area contributed by atoms with Crippen molar-refractivity contribution in [2.24, 2.45) is 0 Å². The third kappa shape index (κ3) is 7.80. The van der Waals surface area contributed by atoms with Gasteiger partial charge in [0.25, 0.3) is 17.5 Å². The molecule has 0 heterocycles. The van der Waals surface area contributed by atoms with Crippen LogP contribution in [0.25, 0.3) is 12.2 Å². The standard InChI is InChI=1S/C33H27N3O7/c1-42-30-19-13-22(20-31(30)43-2)12-18-29(37)23-14-16-26(17-15-23)34-33(39)27(35-32(38)24-8-4-3-5-9-24)21-25-10-6-7-11-28(25)36(40)41/h3-21H,1-2H3,(H,34,39)(H,35,38)/b18-12+,27-21-. The molecule has 0 fully saturated rings. The summed E-state index contributed by atoms with van der Waals surface area (Å²) in [5.74, 6) is -0.437. The third-order valence-corrected chi connectivity index (χ3v) is 6.22. The molecular weight excluding hydrogens is 550 g/mol. The van der Waals surface area contributed by atoms with Gasteiger partial charge in [0.2, 0.25) is 0 Å². The zero-order valence-electron chi connectivity index (χ0n) is 23.3. The highest BCUT2D eigenvalue weighted by Crippen LogP contribution is 2.28. The predicted molar refractivity (Wildman–Crippen MR) is 163 cm³/mol. The lowest BCUT2D eigenvalue weighted by Gasteiger charge is -2.12. The summed E-state index contributed by atoms with van der Waals surface area (Å²) < 4.78 is 10.5. The number of nitrogens with one attached hydrogen (secondary N) is 2. The summed E-state index contributed by atoms with van der Waals surface area (Å²) in [6, 6.07) is 25.5. The number of nitrogens with zero attached hydrogens (tertiary/aromatic N) is 1. The van der Waals surface area contributed by atoms with Crippen LogP contribution < -0.4 is 20.1 Å². The second-order valence-electron chi connectivity index (χ2n) is 9.04. The van der Waals surface area contributed by atoms with Crippen LogP contribution in [-0.2, 0) is 4.79 Å². The maximum absolute atomic E-state index is 13.3. The van der Waals surface area contributed by atoms with E-state index in [4.69, 9.17) is 9.47 Å². The molecule has 0 unspecified atom stereocenters. The van der Waals surface area contributed by atoms with E-state index in [0.29, 0.717) is 28.3 Å². The quantitative estimate of drug-likeness (QED) is 0.0977. The molecule has 4 rings (SSSR count). The number of hydrogen-bond donors (Lipinski definition) is 2. The number of para-hydroxylation sites is 1. The summed E-state index contributed by atoms with van der Waals surface area (Å²) in [6.07, 6.45) is 4.31. The van der Waals surface area contributed by atoms with Crippen molar-refractivity contribution >= 4 is 41.1 Å². The summed E-state index contributed by atoms with van der Waals surface area (Å²) in [5.41, 5.74) is 1.45. The van der Waals surface area contributed by atoms with E-state index in [1.165, 1.54) is 56.7 Å². The van der Waals surface area contributed by atoms with Gasteiger partial charge in [0, 0.05) is 22.9 Å². The fourth-order valence-electron chi connectivity index (χ4n) is 4.01. The second-order valence-corrected chi connectivity index (χ2v) is 9.04. The average Bonchev–Trinajstić information content (AvgIpc) is 3.03. The van der Waals surface area contributed by atoms with Crippen LogP contribution in [0.3, 0.4) is 0 Å². The first kappa shape index (κ1) is 29.9. The number of benzene rings is 4. The molecule has 10 nitrogen and oxygen atoms in total. The average molecular weight is 578 g/mol. The van der Waals surface area contributed by atoms with Crippen LogP contribution in [0.5, 0.6) is 11.5 Å². The number of carbonyl (C=O) groups is 3. The number of anilines is 1. The summed E-state index contributed by atoms with van der Waals surface area (Å²) >= 11 is 0. The Morgan fingerprint density at radius 1 is 0.791 bits per heavy atom. The largest absolute Gasteiger partial charge is 0.493 e. The number of nitro groups is 1. The van der Waals surface area contributed by atoms with E-state index in [1.54, 1.807) is 72.8 Å². The van der Waals surface area contributed by atoms with Gasteiger partial charge >= 0.3 is 0 Å². The second kappa shape index (κ2) is 14.0. The lowest BCUT2D eigenvalue weighted by atomic mass is 10.1. The topological polar surface area (TPSA) is 137 Å². The molecule has 4 aromatic rings. The van der Waals surface area contributed by atoms with Gasteiger partial charge in [0.1, 0.15) is 5.70 Å². The molecule has 0 saturated carbocycles. The maximum atomic E-state index is 13.3. The monoisotopic (exact) mass is 577 g/mol. The van der Waals surface area contributed by atoms with Crippen molar-refractivity contribution < 1.29 is 28.8 Å². The minimum absolute atomic E-state index is 0.133. The van der Waals surface area contributed by atoms with Crippen LogP contribution in [-0.4, -0.2) is 36.7 Å². The molecule has 216 valence electrons. The molecule has 0 radical (unpaired) electrons. The van der Waals surface area contributed by atoms with E-state index in [0.717, 1.165) is 5.56 Å². The van der Waals surface area contributed by atoms with Gasteiger partial charge < -0.3 is 20.1 Å². The Balaban J connectivity index is 1.52. The first-order valence-electron chi connectivity index (χ1n) is 13.0. The molecule has 4 aromatic carbocycles. The van der Waals surface area contributed by atoms with Gasteiger partial charge in [0.15, 0.2) is 17.3 Å². The number of nitro benzene ring substituents is 1. The highest BCUT2D eigenvalue weighted by molar-refractivity contribution is 6.11. The Labute approximate surface area is 247 Å². The van der Waals surface area contributed by atoms with Gasteiger partial charge in [-0.3, -0.25) is 24.5 Å². The third-order valence-electron chi connectivity index (χ3n) is 6.22. The fourth-order valence-corrected chi connectivity index (χ4v) is 4.01. The number of amides is 2. The zero-order valence-corrected chi connectivity index (χ0v) is 23.3. The first-order valence-corrected chi connectivity index (χ1v) is 13.0. The summed E-state index contributed by atoms with van der Waals surface area (Å²) in [6.45, 7) is 0. The van der Waals surface area contributed by atoms with E-state index in [9.17, 15) is 24.5 Å². The van der Waals surface area contributed by atoms with Crippen molar-refractivity contribution in [1.82, 2.24) is 5.32 Å². The van der Waals surface area contributed by atoms with Gasteiger partial charge in [-0.25, -0.2) is 0 Å². The Kier molecular flexibility index (Phi) is 9.78. The van der Waals surface area contributed by atoms with Crippen molar-refractivity contribution in [3.8, 4) is 11.5 Å². The number of methoxy groups -OCH3 is 2. The Hall–Kier alpha value is -6.03. The molecule has 10 heteroatoms. The molecule has 0 aliphatic rings. The smallest absolute Gasteiger partial charge is 0.276 e. The Bertz CT molecular complexity index is 1710. The van der Waals surface area contributed by atoms with Crippen LogP contribution in [0, 0.1) is 10.1 Å². The van der Waals surface area contributed by atoms with Gasteiger partial charge in [-0.1, -0.05) is 42.5 Å². The van der Waals surface area contributed by atoms with Crippen molar-refractivity contribution in [3.05, 3.63) is 141 Å². The van der Waals surface area contributed by atoms with Crippen LogP contribution in [0.4, 0.5) is 11.4 Å². The molecule has 0 bridgehead atoms. The lowest BCUT2D eigenvalue weighted by molar-refractivity contribution is -0.385. The molecule has 0 saturated heterocycles. The van der Waals surface area contributed by atoms with E-state index < -0.39 is 16.7 Å². The molecule has 0 aliphatic carbocycles. The van der Waals surface area contributed by atoms with Gasteiger partial charge in [-0.15, -0.1) is 0 Å². The summed E-state index contributed by atoms with van der Waals surface area (Å²) in [7, 11) is 3.06. The van der Waals surface area contributed by atoms with Gasteiger partial charge in [0.05, 0.1) is 24.7 Å². The van der Waals surface area contributed by atoms with Crippen molar-refractivity contribution in [2.45, 2.75) is 0 Å². The van der Waals surface area contributed by atoms with Crippen LogP contribution in [0.2, 0.25) is 0 Å². The maximum Gasteiger partial charge on any atom is 0.276 e. The van der Waals surface area contributed by atoms with Crippen LogP contribution >= 0.6 is 0 Å². The number of allylic oxidation sites excluding steroid dienone is 1. The van der Waals surface area contributed by atoms with E-state index in [2.05, 4.69) is 10.6 Å². The Morgan fingerprint density at radius 3 is 2.14 bits per heavy atom. The summed E-state index contributed by atoms with van der Waals surface area (Å²) in [4.78, 5) is 49.8. The van der Waals surface area contributed by atoms with Crippen LogP contribution in [0.1, 0.15) is 31.8 Å². The molecule has 2 N–H and O–H groups in total. The number of ketones is 1. The minimum atomic E-state index is -0.713. The zero-order chi connectivity index (χ0) is 30.8. The van der Waals surface area contributed by atoms with Crippen molar-refractivity contribution in [2.75, 3.05) is 19.5 Å². The normalized spacial score (nSPS) is 11.1. The highest BCUT2D eigenvalue weighted by atomic mass is 16.6. The number of ether oxygens (including phenoxy) is 2. The first-order chi connectivity index (χ1) is 20.8. The number of carbonyl (C=O) groups excluding carboxylic acids is 3. The highest BCUT2D eigenvalue weighted by Gasteiger charge is 2.18. The predicted octanol–water partition coefficient (Wildman–Crippen LogP) is 5.92. The molecule has 0 aliphatic heterocycles. The van der Waals surface area contributed by atoms with Gasteiger partial charge in [-0.2, -0.15) is 0 Å². The molecule has 0 aromatic heterocycles. The summed E-state index contributed by atoms with van der Waals surface area (Å²) in [5, 5.41) is 16.7. The molecular formula is C33H27N3O7. The SMILES string of the molecule is COc1ccc(/C=C/C(=O)c2ccc(NC(=O)/C(=C/c3ccccc3[N+](=O)[O-])NC(=O)c3ccccc3)cc2)cc1OC. The Morgan fingerprint density at radius 2 is 1.47 bits per heavy atom. The van der Waals surface area contributed by atoms with Crippen molar-refractivity contribution in [3.63, 3.8) is 0 Å². The van der Waals surface area contributed by atoms with E-state index >= 15 is 0 Å². The molecule has 0 spiro atoms. The van der Waals surface area contributed by atoms with Crippen LogP contribution in [0.15, 0.2) is 109 Å². The van der Waals surface area contributed by atoms with E-state index in [-0.39, 0.29) is 22.7 Å².